The second-order valence-corrected chi connectivity index (χ2v) is 5.62. The summed E-state index contributed by atoms with van der Waals surface area (Å²) in [6, 6.07) is 0.431. The predicted molar refractivity (Wildman–Crippen MR) is 77.3 cm³/mol. The maximum absolute atomic E-state index is 12.8. The molecule has 0 spiro atoms. The Labute approximate surface area is 121 Å². The van der Waals surface area contributed by atoms with Gasteiger partial charge in [-0.1, -0.05) is 0 Å². The average Bonchev–Trinajstić information content (AvgIpc) is 2.74. The van der Waals surface area contributed by atoms with Gasteiger partial charge in [0.05, 0.1) is 11.9 Å². The number of amides is 1. The summed E-state index contributed by atoms with van der Waals surface area (Å²) in [6.45, 7) is 6.96. The molecule has 1 aliphatic rings. The molecule has 7 nitrogen and oxygen atoms in total. The van der Waals surface area contributed by atoms with Gasteiger partial charge in [-0.05, 0) is 20.8 Å². The van der Waals surface area contributed by atoms with Gasteiger partial charge in [-0.15, -0.1) is 0 Å². The summed E-state index contributed by atoms with van der Waals surface area (Å²) in [5.41, 5.74) is 0.174. The standard InChI is InChI=1S/C14H18N4O3/c1-7-4-18(5-8(2)17-7)14(20)10-9(3)21-13-11(10)12(19)15-6-16-13/h6-8,17H,4-5H2,1-3H3,(H,15,16,19)/t7-,8-/m0/s1. The molecule has 3 rings (SSSR count). The smallest absolute Gasteiger partial charge is 0.262 e. The molecule has 1 saturated heterocycles. The minimum Gasteiger partial charge on any atom is -0.442 e. The van der Waals surface area contributed by atoms with Crippen molar-refractivity contribution in [3.05, 3.63) is 28.0 Å². The van der Waals surface area contributed by atoms with Crippen LogP contribution in [-0.2, 0) is 0 Å². The Balaban J connectivity index is 2.06. The number of furan rings is 1. The second-order valence-electron chi connectivity index (χ2n) is 5.62. The van der Waals surface area contributed by atoms with Crippen molar-refractivity contribution in [2.45, 2.75) is 32.9 Å². The molecular weight excluding hydrogens is 272 g/mol. The van der Waals surface area contributed by atoms with E-state index in [2.05, 4.69) is 15.3 Å². The predicted octanol–water partition coefficient (Wildman–Crippen LogP) is 0.647. The number of carbonyl (C=O) groups is 1. The number of fused-ring (bicyclic) bond motifs is 1. The highest BCUT2D eigenvalue weighted by Gasteiger charge is 2.30. The molecule has 0 bridgehead atoms. The van der Waals surface area contributed by atoms with Gasteiger partial charge in [0.15, 0.2) is 0 Å². The summed E-state index contributed by atoms with van der Waals surface area (Å²) in [4.78, 5) is 33.0. The highest BCUT2D eigenvalue weighted by Crippen LogP contribution is 2.23. The minimum absolute atomic E-state index is 0.176. The quantitative estimate of drug-likeness (QED) is 0.804. The van der Waals surface area contributed by atoms with E-state index in [1.165, 1.54) is 6.33 Å². The molecule has 1 aliphatic heterocycles. The number of piperazine rings is 1. The fourth-order valence-corrected chi connectivity index (χ4v) is 2.96. The first-order valence-electron chi connectivity index (χ1n) is 6.99. The third-order valence-electron chi connectivity index (χ3n) is 3.73. The first-order chi connectivity index (χ1) is 9.97. The summed E-state index contributed by atoms with van der Waals surface area (Å²) in [7, 11) is 0. The van der Waals surface area contributed by atoms with E-state index in [-0.39, 0.29) is 34.6 Å². The molecule has 2 atom stereocenters. The van der Waals surface area contributed by atoms with E-state index in [4.69, 9.17) is 4.42 Å². The highest BCUT2D eigenvalue weighted by atomic mass is 16.3. The van der Waals surface area contributed by atoms with Gasteiger partial charge in [0.1, 0.15) is 11.1 Å². The van der Waals surface area contributed by atoms with Gasteiger partial charge in [0, 0.05) is 25.2 Å². The Morgan fingerprint density at radius 3 is 2.71 bits per heavy atom. The molecule has 1 fully saturated rings. The van der Waals surface area contributed by atoms with Gasteiger partial charge in [0.25, 0.3) is 11.5 Å². The summed E-state index contributed by atoms with van der Waals surface area (Å²) in [5.74, 6) is 0.253. The van der Waals surface area contributed by atoms with Crippen LogP contribution in [0.15, 0.2) is 15.5 Å². The van der Waals surface area contributed by atoms with Gasteiger partial charge in [-0.25, -0.2) is 4.98 Å². The van der Waals surface area contributed by atoms with Gasteiger partial charge in [0.2, 0.25) is 5.71 Å². The first-order valence-corrected chi connectivity index (χ1v) is 6.99. The number of hydrogen-bond donors (Lipinski definition) is 2. The Kier molecular flexibility index (Phi) is 3.29. The van der Waals surface area contributed by atoms with Crippen LogP contribution in [0, 0.1) is 6.92 Å². The van der Waals surface area contributed by atoms with Crippen LogP contribution < -0.4 is 10.9 Å². The van der Waals surface area contributed by atoms with Crippen LogP contribution in [0.4, 0.5) is 0 Å². The van der Waals surface area contributed by atoms with Crippen LogP contribution in [0.3, 0.4) is 0 Å². The maximum Gasteiger partial charge on any atom is 0.262 e. The lowest BCUT2D eigenvalue weighted by Gasteiger charge is -2.36. The molecule has 2 aromatic rings. The number of hydrogen-bond acceptors (Lipinski definition) is 5. The van der Waals surface area contributed by atoms with Crippen molar-refractivity contribution >= 4 is 17.0 Å². The van der Waals surface area contributed by atoms with Crippen LogP contribution in [0.2, 0.25) is 0 Å². The lowest BCUT2D eigenvalue weighted by atomic mass is 10.1. The Morgan fingerprint density at radius 1 is 1.38 bits per heavy atom. The summed E-state index contributed by atoms with van der Waals surface area (Å²) in [6.07, 6.45) is 1.27. The molecule has 0 radical (unpaired) electrons. The third-order valence-corrected chi connectivity index (χ3v) is 3.73. The third kappa shape index (κ3) is 2.33. The second kappa shape index (κ2) is 5.00. The maximum atomic E-state index is 12.8. The van der Waals surface area contributed by atoms with Gasteiger partial charge >= 0.3 is 0 Å². The lowest BCUT2D eigenvalue weighted by molar-refractivity contribution is 0.0673. The first kappa shape index (κ1) is 13.8. The van der Waals surface area contributed by atoms with Crippen molar-refractivity contribution in [2.24, 2.45) is 0 Å². The number of nitrogens with one attached hydrogen (secondary N) is 2. The number of aryl methyl sites for hydroxylation is 1. The molecule has 7 heteroatoms. The monoisotopic (exact) mass is 290 g/mol. The normalized spacial score (nSPS) is 22.7. The zero-order valence-electron chi connectivity index (χ0n) is 12.3. The van der Waals surface area contributed by atoms with Gasteiger partial charge < -0.3 is 19.6 Å². The van der Waals surface area contributed by atoms with E-state index >= 15 is 0 Å². The van der Waals surface area contributed by atoms with Gasteiger partial charge in [-0.3, -0.25) is 9.59 Å². The molecule has 0 aliphatic carbocycles. The number of H-pyrrole nitrogens is 1. The van der Waals surface area contributed by atoms with E-state index < -0.39 is 0 Å². The fraction of sp³-hybridized carbons (Fsp3) is 0.500. The minimum atomic E-state index is -0.351. The van der Waals surface area contributed by atoms with Crippen molar-refractivity contribution < 1.29 is 9.21 Å². The van der Waals surface area contributed by atoms with Crippen molar-refractivity contribution in [2.75, 3.05) is 13.1 Å². The van der Waals surface area contributed by atoms with Crippen LogP contribution >= 0.6 is 0 Å². The Hall–Kier alpha value is -2.15. The largest absolute Gasteiger partial charge is 0.442 e. The lowest BCUT2D eigenvalue weighted by Crippen LogP contribution is -2.55. The van der Waals surface area contributed by atoms with E-state index in [0.717, 1.165) is 0 Å². The highest BCUT2D eigenvalue weighted by molar-refractivity contribution is 6.06. The van der Waals surface area contributed by atoms with E-state index in [0.29, 0.717) is 24.4 Å². The number of rotatable bonds is 1. The van der Waals surface area contributed by atoms with E-state index in [1.807, 2.05) is 13.8 Å². The fourth-order valence-electron chi connectivity index (χ4n) is 2.96. The number of nitrogens with zero attached hydrogens (tertiary/aromatic N) is 2. The molecule has 0 unspecified atom stereocenters. The summed E-state index contributed by atoms with van der Waals surface area (Å²) < 4.78 is 5.45. The zero-order valence-corrected chi connectivity index (χ0v) is 12.3. The average molecular weight is 290 g/mol. The topological polar surface area (TPSA) is 91.2 Å². The zero-order chi connectivity index (χ0) is 15.1. The van der Waals surface area contributed by atoms with Crippen molar-refractivity contribution in [1.29, 1.82) is 0 Å². The molecule has 2 N–H and O–H groups in total. The molecule has 21 heavy (non-hydrogen) atoms. The number of aromatic amines is 1. The van der Waals surface area contributed by atoms with Crippen LogP contribution in [-0.4, -0.2) is 45.9 Å². The van der Waals surface area contributed by atoms with E-state index in [9.17, 15) is 9.59 Å². The van der Waals surface area contributed by atoms with Crippen molar-refractivity contribution in [1.82, 2.24) is 20.2 Å². The van der Waals surface area contributed by atoms with Crippen LogP contribution in [0.1, 0.15) is 30.0 Å². The molecule has 112 valence electrons. The molecule has 0 saturated carbocycles. The molecular formula is C14H18N4O3. The SMILES string of the molecule is Cc1oc2nc[nH]c(=O)c2c1C(=O)N1C[C@H](C)N[C@@H](C)C1. The van der Waals surface area contributed by atoms with Crippen LogP contribution in [0.5, 0.6) is 0 Å². The Morgan fingerprint density at radius 2 is 2.05 bits per heavy atom. The van der Waals surface area contributed by atoms with Crippen LogP contribution in [0.25, 0.3) is 11.1 Å². The molecule has 0 aromatic carbocycles. The molecule has 2 aromatic heterocycles. The van der Waals surface area contributed by atoms with Gasteiger partial charge in [-0.2, -0.15) is 0 Å². The summed E-state index contributed by atoms with van der Waals surface area (Å²) >= 11 is 0. The van der Waals surface area contributed by atoms with E-state index in [1.54, 1.807) is 11.8 Å². The Bertz CT molecular complexity index is 738. The van der Waals surface area contributed by atoms with Crippen molar-refractivity contribution in [3.63, 3.8) is 0 Å². The number of carbonyl (C=O) groups excluding carboxylic acids is 1. The number of aromatic nitrogens is 2. The molecule has 3 heterocycles. The van der Waals surface area contributed by atoms with Crippen molar-refractivity contribution in [3.8, 4) is 0 Å². The summed E-state index contributed by atoms with van der Waals surface area (Å²) in [5, 5.41) is 3.61. The molecule has 1 amide bonds.